The highest BCUT2D eigenvalue weighted by Gasteiger charge is 2.00. The Morgan fingerprint density at radius 2 is 2.14 bits per heavy atom. The highest BCUT2D eigenvalue weighted by atomic mass is 16.5. The Bertz CT molecular complexity index is 263. The van der Waals surface area contributed by atoms with Gasteiger partial charge in [-0.1, -0.05) is 18.2 Å². The first kappa shape index (κ1) is 11.0. The van der Waals surface area contributed by atoms with Crippen molar-refractivity contribution in [3.63, 3.8) is 0 Å². The summed E-state index contributed by atoms with van der Waals surface area (Å²) in [6, 6.07) is 7.55. The number of ether oxygens (including phenoxy) is 1. The summed E-state index contributed by atoms with van der Waals surface area (Å²) in [5.74, 6) is 0.783. The molecule has 0 aliphatic rings. The van der Waals surface area contributed by atoms with Gasteiger partial charge < -0.3 is 15.2 Å². The van der Waals surface area contributed by atoms with Crippen LogP contribution in [0.25, 0.3) is 0 Å². The zero-order chi connectivity index (χ0) is 10.2. The lowest BCUT2D eigenvalue weighted by atomic mass is 10.2. The molecule has 0 aliphatic heterocycles. The van der Waals surface area contributed by atoms with E-state index in [0.29, 0.717) is 6.61 Å². The molecule has 0 spiro atoms. The van der Waals surface area contributed by atoms with Gasteiger partial charge in [0.15, 0.2) is 0 Å². The first-order chi connectivity index (χ1) is 6.88. The number of nitrogens with one attached hydrogen (secondary N) is 1. The van der Waals surface area contributed by atoms with Crippen molar-refractivity contribution in [1.29, 1.82) is 0 Å². The first-order valence-corrected chi connectivity index (χ1v) is 4.84. The largest absolute Gasteiger partial charge is 0.493 e. The summed E-state index contributed by atoms with van der Waals surface area (Å²) in [4.78, 5) is 0. The highest BCUT2D eigenvalue weighted by molar-refractivity contribution is 5.32. The SMILES string of the molecule is CNCCCOc1ccccc1CO. The summed E-state index contributed by atoms with van der Waals surface area (Å²) >= 11 is 0. The van der Waals surface area contributed by atoms with E-state index in [1.54, 1.807) is 0 Å². The van der Waals surface area contributed by atoms with Crippen molar-refractivity contribution in [3.05, 3.63) is 29.8 Å². The lowest BCUT2D eigenvalue weighted by molar-refractivity contribution is 0.261. The quantitative estimate of drug-likeness (QED) is 0.669. The van der Waals surface area contributed by atoms with Crippen LogP contribution in [0.3, 0.4) is 0 Å². The van der Waals surface area contributed by atoms with Gasteiger partial charge in [0.1, 0.15) is 5.75 Å². The lowest BCUT2D eigenvalue weighted by Crippen LogP contribution is -2.11. The van der Waals surface area contributed by atoms with Crippen molar-refractivity contribution in [3.8, 4) is 5.75 Å². The molecule has 0 aromatic heterocycles. The van der Waals surface area contributed by atoms with E-state index in [2.05, 4.69) is 5.32 Å². The van der Waals surface area contributed by atoms with Crippen LogP contribution in [0.2, 0.25) is 0 Å². The van der Waals surface area contributed by atoms with Gasteiger partial charge in [0.05, 0.1) is 13.2 Å². The molecule has 0 atom stereocenters. The summed E-state index contributed by atoms with van der Waals surface area (Å²) in [6.07, 6.45) is 0.969. The number of aliphatic hydroxyl groups is 1. The molecule has 3 heteroatoms. The Morgan fingerprint density at radius 1 is 1.36 bits per heavy atom. The Labute approximate surface area is 84.7 Å². The number of para-hydroxylation sites is 1. The van der Waals surface area contributed by atoms with E-state index in [1.807, 2.05) is 31.3 Å². The van der Waals surface area contributed by atoms with E-state index in [-0.39, 0.29) is 6.61 Å². The fourth-order valence-electron chi connectivity index (χ4n) is 1.21. The van der Waals surface area contributed by atoms with E-state index in [0.717, 1.165) is 24.3 Å². The molecule has 0 heterocycles. The van der Waals surface area contributed by atoms with Crippen LogP contribution in [0, 0.1) is 0 Å². The van der Waals surface area contributed by atoms with Gasteiger partial charge in [-0.25, -0.2) is 0 Å². The van der Waals surface area contributed by atoms with Crippen molar-refractivity contribution >= 4 is 0 Å². The van der Waals surface area contributed by atoms with Crippen LogP contribution in [-0.4, -0.2) is 25.3 Å². The van der Waals surface area contributed by atoms with Crippen molar-refractivity contribution in [2.24, 2.45) is 0 Å². The van der Waals surface area contributed by atoms with E-state index in [4.69, 9.17) is 9.84 Å². The van der Waals surface area contributed by atoms with Crippen molar-refractivity contribution in [2.45, 2.75) is 13.0 Å². The fraction of sp³-hybridized carbons (Fsp3) is 0.455. The first-order valence-electron chi connectivity index (χ1n) is 4.84. The molecule has 1 rings (SSSR count). The van der Waals surface area contributed by atoms with Crippen molar-refractivity contribution in [1.82, 2.24) is 5.32 Å². The number of rotatable bonds is 6. The summed E-state index contributed by atoms with van der Waals surface area (Å²) in [7, 11) is 1.92. The zero-order valence-corrected chi connectivity index (χ0v) is 8.49. The molecule has 1 aromatic rings. The number of aliphatic hydroxyl groups excluding tert-OH is 1. The molecule has 3 nitrogen and oxygen atoms in total. The number of hydrogen-bond acceptors (Lipinski definition) is 3. The maximum Gasteiger partial charge on any atom is 0.124 e. The Morgan fingerprint density at radius 3 is 2.86 bits per heavy atom. The van der Waals surface area contributed by atoms with Gasteiger partial charge in [-0.15, -0.1) is 0 Å². The monoisotopic (exact) mass is 195 g/mol. The molecule has 0 radical (unpaired) electrons. The molecule has 0 bridgehead atoms. The average molecular weight is 195 g/mol. The topological polar surface area (TPSA) is 41.5 Å². The van der Waals surface area contributed by atoms with Crippen LogP contribution < -0.4 is 10.1 Å². The van der Waals surface area contributed by atoms with Crippen LogP contribution in [0.15, 0.2) is 24.3 Å². The zero-order valence-electron chi connectivity index (χ0n) is 8.49. The van der Waals surface area contributed by atoms with Gasteiger partial charge in [0.2, 0.25) is 0 Å². The predicted octanol–water partition coefficient (Wildman–Crippen LogP) is 1.17. The second-order valence-electron chi connectivity index (χ2n) is 3.07. The smallest absolute Gasteiger partial charge is 0.124 e. The second kappa shape index (κ2) is 6.40. The molecular formula is C11H17NO2. The Kier molecular flexibility index (Phi) is 5.04. The fourth-order valence-corrected chi connectivity index (χ4v) is 1.21. The van der Waals surface area contributed by atoms with Crippen LogP contribution in [0.1, 0.15) is 12.0 Å². The molecule has 14 heavy (non-hydrogen) atoms. The average Bonchev–Trinajstić information content (AvgIpc) is 2.25. The molecular weight excluding hydrogens is 178 g/mol. The van der Waals surface area contributed by atoms with E-state index in [9.17, 15) is 0 Å². The van der Waals surface area contributed by atoms with Crippen LogP contribution in [0.4, 0.5) is 0 Å². The maximum atomic E-state index is 9.03. The Hall–Kier alpha value is -1.06. The summed E-state index contributed by atoms with van der Waals surface area (Å²) in [6.45, 7) is 1.65. The molecule has 2 N–H and O–H groups in total. The third-order valence-electron chi connectivity index (χ3n) is 1.97. The molecule has 0 saturated heterocycles. The van der Waals surface area contributed by atoms with Gasteiger partial charge in [-0.05, 0) is 26.1 Å². The van der Waals surface area contributed by atoms with Crippen LogP contribution in [-0.2, 0) is 6.61 Å². The normalized spacial score (nSPS) is 10.1. The summed E-state index contributed by atoms with van der Waals surface area (Å²) in [5.41, 5.74) is 0.844. The molecule has 0 fully saturated rings. The number of benzene rings is 1. The minimum atomic E-state index is 0.0300. The summed E-state index contributed by atoms with van der Waals surface area (Å²) < 4.78 is 5.53. The minimum absolute atomic E-state index is 0.0300. The third kappa shape index (κ3) is 3.36. The lowest BCUT2D eigenvalue weighted by Gasteiger charge is -2.09. The van der Waals surface area contributed by atoms with Crippen molar-refractivity contribution in [2.75, 3.05) is 20.2 Å². The molecule has 0 unspecified atom stereocenters. The highest BCUT2D eigenvalue weighted by Crippen LogP contribution is 2.17. The van der Waals surface area contributed by atoms with Crippen LogP contribution in [0.5, 0.6) is 5.75 Å². The molecule has 0 amide bonds. The van der Waals surface area contributed by atoms with E-state index < -0.39 is 0 Å². The van der Waals surface area contributed by atoms with Gasteiger partial charge in [-0.2, -0.15) is 0 Å². The third-order valence-corrected chi connectivity index (χ3v) is 1.97. The van der Waals surface area contributed by atoms with E-state index in [1.165, 1.54) is 0 Å². The van der Waals surface area contributed by atoms with Crippen molar-refractivity contribution < 1.29 is 9.84 Å². The van der Waals surface area contributed by atoms with Gasteiger partial charge in [0, 0.05) is 5.56 Å². The molecule has 78 valence electrons. The van der Waals surface area contributed by atoms with Gasteiger partial charge in [0.25, 0.3) is 0 Å². The molecule has 0 aliphatic carbocycles. The van der Waals surface area contributed by atoms with Gasteiger partial charge >= 0.3 is 0 Å². The van der Waals surface area contributed by atoms with Crippen LogP contribution >= 0.6 is 0 Å². The van der Waals surface area contributed by atoms with E-state index >= 15 is 0 Å². The Balaban J connectivity index is 2.41. The predicted molar refractivity (Wildman–Crippen MR) is 56.4 cm³/mol. The molecule has 0 saturated carbocycles. The second-order valence-corrected chi connectivity index (χ2v) is 3.07. The maximum absolute atomic E-state index is 9.03. The minimum Gasteiger partial charge on any atom is -0.493 e. The summed E-state index contributed by atoms with van der Waals surface area (Å²) in [5, 5.41) is 12.1. The number of hydrogen-bond donors (Lipinski definition) is 2. The molecule has 1 aromatic carbocycles. The standard InChI is InChI=1S/C11H17NO2/c1-12-7-4-8-14-11-6-3-2-5-10(11)9-13/h2-3,5-6,12-13H,4,7-9H2,1H3. The van der Waals surface area contributed by atoms with Gasteiger partial charge in [-0.3, -0.25) is 0 Å².